The van der Waals surface area contributed by atoms with Gasteiger partial charge in [0, 0.05) is 84.5 Å². The maximum atomic E-state index is 14.2. The number of aliphatic hydroxyl groups excluding tert-OH is 1. The molecule has 0 bridgehead atoms. The number of rotatable bonds is 11. The SMILES string of the molecule is COc1ccc(C(=O)O)cc1NC(=O)C[C@H]1O[C@H](c2cccc(OC)c2OC)c2cc(Cl)ccc2N(CC(C)(C)CO)C1=O.[Ac]. The van der Waals surface area contributed by atoms with E-state index in [1.54, 1.807) is 36.4 Å². The summed E-state index contributed by atoms with van der Waals surface area (Å²) in [5, 5.41) is 22.6. The van der Waals surface area contributed by atoms with E-state index in [-0.39, 0.29) is 74.2 Å². The van der Waals surface area contributed by atoms with E-state index >= 15 is 0 Å². The van der Waals surface area contributed by atoms with E-state index in [9.17, 15) is 24.6 Å². The summed E-state index contributed by atoms with van der Waals surface area (Å²) in [6, 6.07) is 14.4. The molecule has 0 aliphatic carbocycles. The van der Waals surface area contributed by atoms with E-state index in [0.717, 1.165) is 0 Å². The third kappa shape index (κ3) is 8.29. The van der Waals surface area contributed by atoms with Crippen molar-refractivity contribution in [2.45, 2.75) is 32.5 Å². The van der Waals surface area contributed by atoms with Crippen LogP contribution in [0, 0.1) is 49.5 Å². The van der Waals surface area contributed by atoms with Crippen molar-refractivity contribution in [3.8, 4) is 17.2 Å². The zero-order valence-electron chi connectivity index (χ0n) is 25.6. The molecule has 13 heteroatoms. The molecule has 2 amide bonds. The largest absolute Gasteiger partial charge is 0.495 e. The van der Waals surface area contributed by atoms with Gasteiger partial charge in [-0.2, -0.15) is 0 Å². The second-order valence-electron chi connectivity index (χ2n) is 11.0. The van der Waals surface area contributed by atoms with Gasteiger partial charge >= 0.3 is 5.97 Å². The van der Waals surface area contributed by atoms with Gasteiger partial charge in [0.2, 0.25) is 5.91 Å². The van der Waals surface area contributed by atoms with Gasteiger partial charge in [-0.3, -0.25) is 9.59 Å². The van der Waals surface area contributed by atoms with Crippen LogP contribution >= 0.6 is 11.6 Å². The van der Waals surface area contributed by atoms with E-state index in [2.05, 4.69) is 5.32 Å². The third-order valence-corrected chi connectivity index (χ3v) is 7.46. The van der Waals surface area contributed by atoms with Crippen molar-refractivity contribution in [2.24, 2.45) is 5.41 Å². The van der Waals surface area contributed by atoms with Crippen LogP contribution in [0.25, 0.3) is 0 Å². The number of methoxy groups -OCH3 is 3. The van der Waals surface area contributed by atoms with Gasteiger partial charge in [0.1, 0.15) is 18.0 Å². The minimum absolute atomic E-state index is 0. The molecule has 0 saturated heterocycles. The molecule has 0 saturated carbocycles. The molecular weight excluding hydrogens is 819 g/mol. The number of aliphatic hydroxyl groups is 1. The first-order chi connectivity index (χ1) is 20.9. The van der Waals surface area contributed by atoms with E-state index in [1.807, 2.05) is 13.8 Å². The fourth-order valence-electron chi connectivity index (χ4n) is 5.01. The van der Waals surface area contributed by atoms with E-state index in [0.29, 0.717) is 33.3 Å². The Morgan fingerprint density at radius 2 is 1.71 bits per heavy atom. The summed E-state index contributed by atoms with van der Waals surface area (Å²) in [4.78, 5) is 40.7. The number of hydrogen-bond donors (Lipinski definition) is 3. The summed E-state index contributed by atoms with van der Waals surface area (Å²) >= 11 is 6.46. The van der Waals surface area contributed by atoms with Crippen LogP contribution in [-0.2, 0) is 14.3 Å². The number of benzene rings is 3. The van der Waals surface area contributed by atoms with Crippen molar-refractivity contribution in [3.63, 3.8) is 0 Å². The number of carbonyl (C=O) groups excluding carboxylic acids is 2. The smallest absolute Gasteiger partial charge is 0.335 e. The molecule has 237 valence electrons. The first-order valence-corrected chi connectivity index (χ1v) is 14.1. The van der Waals surface area contributed by atoms with Gasteiger partial charge in [-0.1, -0.05) is 37.6 Å². The quantitative estimate of drug-likeness (QED) is 0.245. The summed E-state index contributed by atoms with van der Waals surface area (Å²) in [5.74, 6) is -1.26. The van der Waals surface area contributed by atoms with Crippen LogP contribution in [0.15, 0.2) is 54.6 Å². The maximum Gasteiger partial charge on any atom is 0.335 e. The fourth-order valence-corrected chi connectivity index (χ4v) is 5.19. The summed E-state index contributed by atoms with van der Waals surface area (Å²) in [5.41, 5.74) is 0.931. The number of fused-ring (bicyclic) bond motifs is 1. The molecule has 11 nitrogen and oxygen atoms in total. The number of hydrogen-bond acceptors (Lipinski definition) is 8. The molecule has 0 fully saturated rings. The molecule has 3 aromatic rings. The zero-order valence-corrected chi connectivity index (χ0v) is 31.1. The molecule has 4 rings (SSSR count). The number of nitrogens with zero attached hydrogens (tertiary/aromatic N) is 1. The molecular formula is C32H35AcClN2O9. The Kier molecular flexibility index (Phi) is 12.7. The van der Waals surface area contributed by atoms with E-state index in [4.69, 9.17) is 30.5 Å². The van der Waals surface area contributed by atoms with Crippen LogP contribution < -0.4 is 24.4 Å². The standard InChI is InChI=1S/C32H35ClN2O9.Ac/c1-32(2,17-36)16-35-23-11-10-19(33)14-21(23)28(20-7-6-8-25(42-4)29(20)43-5)44-26(30(35)38)15-27(37)34-22-13-18(31(39)40)9-12-24(22)41-3;/h6-14,26,28,36H,15-17H2,1-5H3,(H,34,37)(H,39,40);/t26-,28-;/m1./s1. The molecule has 0 unspecified atom stereocenters. The summed E-state index contributed by atoms with van der Waals surface area (Å²) < 4.78 is 23.0. The first-order valence-electron chi connectivity index (χ1n) is 13.7. The van der Waals surface area contributed by atoms with Crippen molar-refractivity contribution in [3.05, 3.63) is 76.3 Å². The van der Waals surface area contributed by atoms with Crippen LogP contribution in [0.4, 0.5) is 11.4 Å². The minimum atomic E-state index is -1.31. The summed E-state index contributed by atoms with van der Waals surface area (Å²) in [6.45, 7) is 3.52. The number of ether oxygens (including phenoxy) is 4. The average molecular weight is 854 g/mol. The van der Waals surface area contributed by atoms with Gasteiger partial charge in [-0.25, -0.2) is 4.79 Å². The number of carbonyl (C=O) groups is 3. The zero-order chi connectivity index (χ0) is 32.2. The van der Waals surface area contributed by atoms with Crippen LogP contribution in [-0.4, -0.2) is 68.6 Å². The summed E-state index contributed by atoms with van der Waals surface area (Å²) in [6.07, 6.45) is -2.67. The number of anilines is 2. The Balaban J connectivity index is 0.00000552. The number of amides is 2. The minimum Gasteiger partial charge on any atom is -0.495 e. The Morgan fingerprint density at radius 3 is 2.33 bits per heavy atom. The number of para-hydroxylation sites is 1. The Morgan fingerprint density at radius 1 is 1.00 bits per heavy atom. The van der Waals surface area contributed by atoms with Crippen LogP contribution in [0.3, 0.4) is 0 Å². The van der Waals surface area contributed by atoms with Crippen molar-refractivity contribution in [1.29, 1.82) is 0 Å². The van der Waals surface area contributed by atoms with Gasteiger partial charge in [-0.15, -0.1) is 0 Å². The fraction of sp³-hybridized carbons (Fsp3) is 0.344. The van der Waals surface area contributed by atoms with E-state index < -0.39 is 41.8 Å². The predicted octanol–water partition coefficient (Wildman–Crippen LogP) is 4.93. The molecule has 0 aromatic heterocycles. The topological polar surface area (TPSA) is 144 Å². The van der Waals surface area contributed by atoms with Crippen LogP contribution in [0.2, 0.25) is 5.02 Å². The summed E-state index contributed by atoms with van der Waals surface area (Å²) in [7, 11) is 4.38. The van der Waals surface area contributed by atoms with Gasteiger partial charge in [0.15, 0.2) is 11.5 Å². The van der Waals surface area contributed by atoms with Gasteiger partial charge in [0.05, 0.1) is 39.0 Å². The van der Waals surface area contributed by atoms with Crippen molar-refractivity contribution in [1.82, 2.24) is 0 Å². The Labute approximate surface area is 302 Å². The number of aromatic carboxylic acids is 1. The number of carboxylic acids is 1. The average Bonchev–Trinajstić information content (AvgIpc) is 3.10. The predicted molar refractivity (Wildman–Crippen MR) is 164 cm³/mol. The van der Waals surface area contributed by atoms with Crippen molar-refractivity contribution < 1.29 is 87.6 Å². The number of halogens is 1. The number of nitrogens with one attached hydrogen (secondary N) is 1. The van der Waals surface area contributed by atoms with E-state index in [1.165, 1.54) is 44.4 Å². The molecule has 1 aliphatic rings. The van der Waals surface area contributed by atoms with Gasteiger partial charge in [0.25, 0.3) is 5.91 Å². The second-order valence-corrected chi connectivity index (χ2v) is 11.4. The Hall–Kier alpha value is -2.88. The van der Waals surface area contributed by atoms with Crippen molar-refractivity contribution in [2.75, 3.05) is 44.7 Å². The molecule has 1 aliphatic heterocycles. The molecule has 3 aromatic carbocycles. The second kappa shape index (κ2) is 15.6. The molecule has 3 N–H and O–H groups in total. The normalized spacial score (nSPS) is 16.2. The van der Waals surface area contributed by atoms with Crippen molar-refractivity contribution >= 4 is 40.8 Å². The number of carboxylic acid groups (broad SMARTS) is 1. The molecule has 2 atom stereocenters. The maximum absolute atomic E-state index is 14.2. The first kappa shape index (κ1) is 36.6. The molecule has 45 heavy (non-hydrogen) atoms. The molecule has 1 heterocycles. The molecule has 0 spiro atoms. The van der Waals surface area contributed by atoms with Crippen LogP contribution in [0.1, 0.15) is 47.9 Å². The molecule has 1 radical (unpaired) electrons. The monoisotopic (exact) mass is 853 g/mol. The van der Waals surface area contributed by atoms with Gasteiger partial charge < -0.3 is 39.4 Å². The third-order valence-electron chi connectivity index (χ3n) is 7.23. The Bertz CT molecular complexity index is 1570. The van der Waals surface area contributed by atoms with Crippen LogP contribution in [0.5, 0.6) is 17.2 Å². The van der Waals surface area contributed by atoms with Gasteiger partial charge in [-0.05, 0) is 42.5 Å².